The lowest BCUT2D eigenvalue weighted by Crippen LogP contribution is -2.16. The Morgan fingerprint density at radius 2 is 1.93 bits per heavy atom. The largest absolute Gasteiger partial charge is 0.491 e. The summed E-state index contributed by atoms with van der Waals surface area (Å²) < 4.78 is 46.4. The van der Waals surface area contributed by atoms with Crippen LogP contribution in [0.15, 0.2) is 47.8 Å². The maximum absolute atomic E-state index is 14.1. The first kappa shape index (κ1) is 20.7. The number of aromatic nitrogens is 2. The second kappa shape index (κ2) is 8.95. The zero-order valence-electron chi connectivity index (χ0n) is 15.5. The number of ether oxygens (including phenoxy) is 1. The van der Waals surface area contributed by atoms with Crippen LogP contribution >= 0.6 is 11.8 Å². The molecule has 3 rings (SSSR count). The van der Waals surface area contributed by atoms with Gasteiger partial charge in [0.1, 0.15) is 5.03 Å². The Balaban J connectivity index is 1.82. The first-order valence-corrected chi connectivity index (χ1v) is 9.41. The molecular formula is C20H16F3N3O2S. The van der Waals surface area contributed by atoms with E-state index in [4.69, 9.17) is 0 Å². The predicted octanol–water partition coefficient (Wildman–Crippen LogP) is 4.76. The van der Waals surface area contributed by atoms with Crippen LogP contribution in [0.5, 0.6) is 5.75 Å². The number of hydrogen-bond acceptors (Lipinski definition) is 5. The summed E-state index contributed by atoms with van der Waals surface area (Å²) >= 11 is 1.30. The van der Waals surface area contributed by atoms with Crippen molar-refractivity contribution in [1.82, 2.24) is 9.97 Å². The van der Waals surface area contributed by atoms with Gasteiger partial charge in [-0.1, -0.05) is 0 Å². The summed E-state index contributed by atoms with van der Waals surface area (Å²) in [5.41, 5.74) is 1.38. The number of carbonyl (C=O) groups excluding carboxylic acids is 1. The molecule has 0 aliphatic carbocycles. The molecule has 1 aromatic carbocycles. The average Bonchev–Trinajstić information content (AvgIpc) is 2.71. The minimum absolute atomic E-state index is 0.152. The van der Waals surface area contributed by atoms with E-state index in [0.29, 0.717) is 16.8 Å². The van der Waals surface area contributed by atoms with Crippen molar-refractivity contribution in [2.75, 3.05) is 12.4 Å². The number of aryl methyl sites for hydroxylation is 1. The monoisotopic (exact) mass is 419 g/mol. The Morgan fingerprint density at radius 3 is 2.66 bits per heavy atom. The number of halogens is 3. The molecule has 0 aliphatic heterocycles. The molecule has 0 bridgehead atoms. The number of carbonyl (C=O) groups is 1. The van der Waals surface area contributed by atoms with Crippen molar-refractivity contribution in [1.29, 1.82) is 0 Å². The van der Waals surface area contributed by atoms with Gasteiger partial charge in [-0.25, -0.2) is 13.8 Å². The third kappa shape index (κ3) is 4.68. The lowest BCUT2D eigenvalue weighted by atomic mass is 10.2. The van der Waals surface area contributed by atoms with E-state index in [1.807, 2.05) is 19.1 Å². The Bertz CT molecular complexity index is 1060. The molecule has 0 radical (unpaired) electrons. The zero-order valence-corrected chi connectivity index (χ0v) is 16.3. The number of nitrogens with zero attached hydrogens (tertiary/aromatic N) is 2. The highest BCUT2D eigenvalue weighted by Gasteiger charge is 2.22. The van der Waals surface area contributed by atoms with Crippen LogP contribution in [0.25, 0.3) is 0 Å². The van der Waals surface area contributed by atoms with E-state index in [9.17, 15) is 18.0 Å². The lowest BCUT2D eigenvalue weighted by molar-refractivity contribution is 0.102. The summed E-state index contributed by atoms with van der Waals surface area (Å²) in [6.07, 6.45) is 3.21. The molecule has 0 aliphatic rings. The van der Waals surface area contributed by atoms with Crippen LogP contribution in [0.3, 0.4) is 0 Å². The van der Waals surface area contributed by atoms with Crippen molar-refractivity contribution >= 4 is 23.4 Å². The van der Waals surface area contributed by atoms with Gasteiger partial charge in [-0.2, -0.15) is 4.39 Å². The molecule has 0 saturated carbocycles. The number of pyridine rings is 2. The summed E-state index contributed by atoms with van der Waals surface area (Å²) in [5, 5.41) is 2.59. The highest BCUT2D eigenvalue weighted by molar-refractivity contribution is 7.98. The van der Waals surface area contributed by atoms with Gasteiger partial charge < -0.3 is 10.1 Å². The smallest absolute Gasteiger partial charge is 0.258 e. The molecular weight excluding hydrogens is 403 g/mol. The van der Waals surface area contributed by atoms with Crippen LogP contribution in [0.2, 0.25) is 0 Å². The average molecular weight is 419 g/mol. The quantitative estimate of drug-likeness (QED) is 0.461. The van der Waals surface area contributed by atoms with Gasteiger partial charge in [0.2, 0.25) is 5.82 Å². The SMILES string of the molecule is COc1c(F)cc(NC(=O)c2cccnc2SCc2ccnc(C)c2)c(F)c1F. The van der Waals surface area contributed by atoms with E-state index in [1.165, 1.54) is 24.0 Å². The van der Waals surface area contributed by atoms with Crippen molar-refractivity contribution in [3.8, 4) is 5.75 Å². The van der Waals surface area contributed by atoms with Crippen molar-refractivity contribution in [2.45, 2.75) is 17.7 Å². The van der Waals surface area contributed by atoms with Gasteiger partial charge in [0.25, 0.3) is 5.91 Å². The summed E-state index contributed by atoms with van der Waals surface area (Å²) in [6, 6.07) is 7.46. The third-order valence-electron chi connectivity index (χ3n) is 3.92. The van der Waals surface area contributed by atoms with Crippen LogP contribution < -0.4 is 10.1 Å². The van der Waals surface area contributed by atoms with Gasteiger partial charge in [-0.05, 0) is 36.8 Å². The molecule has 9 heteroatoms. The van der Waals surface area contributed by atoms with E-state index >= 15 is 0 Å². The highest BCUT2D eigenvalue weighted by Crippen LogP contribution is 2.30. The van der Waals surface area contributed by atoms with E-state index < -0.39 is 34.8 Å². The summed E-state index contributed by atoms with van der Waals surface area (Å²) in [7, 11) is 1.02. The van der Waals surface area contributed by atoms with Crippen LogP contribution in [0, 0.1) is 24.4 Å². The topological polar surface area (TPSA) is 64.1 Å². The van der Waals surface area contributed by atoms with Crippen molar-refractivity contribution in [2.24, 2.45) is 0 Å². The van der Waals surface area contributed by atoms with Gasteiger partial charge in [0.05, 0.1) is 18.4 Å². The van der Waals surface area contributed by atoms with Crippen LogP contribution in [0.4, 0.5) is 18.9 Å². The zero-order chi connectivity index (χ0) is 21.0. The molecule has 29 heavy (non-hydrogen) atoms. The fraction of sp³-hybridized carbons (Fsp3) is 0.150. The number of rotatable bonds is 6. The Kier molecular flexibility index (Phi) is 6.38. The third-order valence-corrected chi connectivity index (χ3v) is 5.00. The Morgan fingerprint density at radius 1 is 1.14 bits per heavy atom. The number of thioether (sulfide) groups is 1. The number of anilines is 1. The second-order valence-electron chi connectivity index (χ2n) is 5.97. The summed E-state index contributed by atoms with van der Waals surface area (Å²) in [6.45, 7) is 1.87. The molecule has 0 spiro atoms. The molecule has 150 valence electrons. The molecule has 3 aromatic rings. The molecule has 1 amide bonds. The molecule has 0 fully saturated rings. The standard InChI is InChI=1S/C20H16F3N3O2S/c1-11-8-12(5-7-24-11)10-29-20-13(4-3-6-25-20)19(27)26-15-9-14(21)18(28-2)17(23)16(15)22/h3-9H,10H2,1-2H3,(H,26,27). The second-order valence-corrected chi connectivity index (χ2v) is 6.94. The van der Waals surface area contributed by atoms with Gasteiger partial charge >= 0.3 is 0 Å². The van der Waals surface area contributed by atoms with Gasteiger partial charge in [-0.3, -0.25) is 9.78 Å². The molecule has 0 unspecified atom stereocenters. The lowest BCUT2D eigenvalue weighted by Gasteiger charge is -2.12. The van der Waals surface area contributed by atoms with Crippen molar-refractivity contribution in [3.63, 3.8) is 0 Å². The molecule has 0 saturated heterocycles. The fourth-order valence-electron chi connectivity index (χ4n) is 2.57. The first-order valence-electron chi connectivity index (χ1n) is 8.43. The number of amides is 1. The van der Waals surface area contributed by atoms with E-state index in [0.717, 1.165) is 18.4 Å². The van der Waals surface area contributed by atoms with E-state index in [2.05, 4.69) is 20.0 Å². The predicted molar refractivity (Wildman–Crippen MR) is 104 cm³/mol. The fourth-order valence-corrected chi connectivity index (χ4v) is 3.51. The van der Waals surface area contributed by atoms with E-state index in [-0.39, 0.29) is 5.56 Å². The van der Waals surface area contributed by atoms with Crippen molar-refractivity contribution < 1.29 is 22.7 Å². The van der Waals surface area contributed by atoms with Crippen molar-refractivity contribution in [3.05, 3.63) is 77.0 Å². The molecule has 2 heterocycles. The first-order chi connectivity index (χ1) is 13.9. The van der Waals surface area contributed by atoms with Crippen LogP contribution in [-0.2, 0) is 5.75 Å². The molecule has 0 atom stereocenters. The summed E-state index contributed by atoms with van der Waals surface area (Å²) in [5.74, 6) is -5.13. The van der Waals surface area contributed by atoms with Gasteiger partial charge in [0, 0.05) is 29.9 Å². The number of hydrogen-bond donors (Lipinski definition) is 1. The van der Waals surface area contributed by atoms with Gasteiger partial charge in [-0.15, -0.1) is 11.8 Å². The minimum Gasteiger partial charge on any atom is -0.491 e. The minimum atomic E-state index is -1.52. The van der Waals surface area contributed by atoms with Gasteiger partial charge in [0.15, 0.2) is 17.4 Å². The molecule has 1 N–H and O–H groups in total. The molecule has 2 aromatic heterocycles. The summed E-state index contributed by atoms with van der Waals surface area (Å²) in [4.78, 5) is 20.9. The number of nitrogens with one attached hydrogen (secondary N) is 1. The van der Waals surface area contributed by atoms with E-state index in [1.54, 1.807) is 12.3 Å². The maximum Gasteiger partial charge on any atom is 0.258 e. The number of benzene rings is 1. The normalized spacial score (nSPS) is 10.7. The Labute approximate surface area is 169 Å². The molecule has 5 nitrogen and oxygen atoms in total. The Hall–Kier alpha value is -3.07. The highest BCUT2D eigenvalue weighted by atomic mass is 32.2. The number of methoxy groups -OCH3 is 1. The van der Waals surface area contributed by atoms with Crippen LogP contribution in [0.1, 0.15) is 21.6 Å². The van der Waals surface area contributed by atoms with Crippen LogP contribution in [-0.4, -0.2) is 23.0 Å². The maximum atomic E-state index is 14.1.